The Morgan fingerprint density at radius 3 is 2.38 bits per heavy atom. The molecule has 0 aliphatic carbocycles. The fraction of sp³-hybridized carbons (Fsp3) is 0.125. The number of benzene rings is 2. The van der Waals surface area contributed by atoms with E-state index in [4.69, 9.17) is 11.6 Å². The maximum atomic E-state index is 12.6. The molecule has 24 heavy (non-hydrogen) atoms. The second-order valence-electron chi connectivity index (χ2n) is 4.86. The topological polar surface area (TPSA) is 58.2 Å². The first-order valence-electron chi connectivity index (χ1n) is 6.77. The average Bonchev–Trinajstić information content (AvgIpc) is 2.52. The third-order valence-corrected chi connectivity index (χ3v) is 3.38. The molecule has 2 aromatic rings. The summed E-state index contributed by atoms with van der Waals surface area (Å²) in [6.07, 6.45) is -4.79. The summed E-state index contributed by atoms with van der Waals surface area (Å²) in [6, 6.07) is 10.6. The molecule has 2 rings (SSSR count). The lowest BCUT2D eigenvalue weighted by molar-refractivity contribution is -0.137. The molecule has 0 fully saturated rings. The molecule has 0 heterocycles. The van der Waals surface area contributed by atoms with Gasteiger partial charge in [-0.25, -0.2) is 0 Å². The van der Waals surface area contributed by atoms with Crippen molar-refractivity contribution in [3.8, 4) is 0 Å². The Morgan fingerprint density at radius 1 is 1.00 bits per heavy atom. The van der Waals surface area contributed by atoms with E-state index >= 15 is 0 Å². The van der Waals surface area contributed by atoms with Crippen molar-refractivity contribution in [3.63, 3.8) is 0 Å². The number of nitrogens with one attached hydrogen (secondary N) is 2. The van der Waals surface area contributed by atoms with E-state index in [1.807, 2.05) is 0 Å². The standard InChI is InChI=1S/C16H12ClF3N2O2/c17-13-7-2-1-6-12(13)15(24)22-21-14(23)9-10-4-3-5-11(8-10)16(18,19)20/h1-8H,9H2,(H,21,23)(H,22,24). The smallest absolute Gasteiger partial charge is 0.273 e. The molecule has 0 spiro atoms. The van der Waals surface area contributed by atoms with Crippen LogP contribution in [-0.4, -0.2) is 11.8 Å². The van der Waals surface area contributed by atoms with Gasteiger partial charge in [-0.1, -0.05) is 41.9 Å². The van der Waals surface area contributed by atoms with Gasteiger partial charge < -0.3 is 0 Å². The van der Waals surface area contributed by atoms with Crippen molar-refractivity contribution >= 4 is 23.4 Å². The molecule has 2 amide bonds. The molecule has 0 unspecified atom stereocenters. The van der Waals surface area contributed by atoms with E-state index in [9.17, 15) is 22.8 Å². The third-order valence-electron chi connectivity index (χ3n) is 3.05. The van der Waals surface area contributed by atoms with Crippen LogP contribution in [0.4, 0.5) is 13.2 Å². The second-order valence-corrected chi connectivity index (χ2v) is 5.26. The quantitative estimate of drug-likeness (QED) is 0.828. The predicted molar refractivity (Wildman–Crippen MR) is 82.2 cm³/mol. The van der Waals surface area contributed by atoms with Gasteiger partial charge in [0, 0.05) is 0 Å². The molecule has 0 aliphatic heterocycles. The monoisotopic (exact) mass is 356 g/mol. The fourth-order valence-corrected chi connectivity index (χ4v) is 2.15. The van der Waals surface area contributed by atoms with Gasteiger partial charge in [0.2, 0.25) is 5.91 Å². The summed E-state index contributed by atoms with van der Waals surface area (Å²) < 4.78 is 37.8. The summed E-state index contributed by atoms with van der Waals surface area (Å²) in [5.74, 6) is -1.28. The number of carbonyl (C=O) groups is 2. The molecular weight excluding hydrogens is 345 g/mol. The highest BCUT2D eigenvalue weighted by molar-refractivity contribution is 6.33. The summed E-state index contributed by atoms with van der Waals surface area (Å²) in [5.41, 5.74) is 3.80. The van der Waals surface area contributed by atoms with Crippen LogP contribution in [0.15, 0.2) is 48.5 Å². The summed E-state index contributed by atoms with van der Waals surface area (Å²) in [5, 5.41) is 0.210. The number of carbonyl (C=O) groups excluding carboxylic acids is 2. The number of alkyl halides is 3. The highest BCUT2D eigenvalue weighted by Crippen LogP contribution is 2.29. The van der Waals surface area contributed by atoms with Crippen molar-refractivity contribution < 1.29 is 22.8 Å². The van der Waals surface area contributed by atoms with Crippen LogP contribution in [0.1, 0.15) is 21.5 Å². The van der Waals surface area contributed by atoms with Gasteiger partial charge in [0.1, 0.15) is 0 Å². The zero-order valence-corrected chi connectivity index (χ0v) is 12.9. The first-order chi connectivity index (χ1) is 11.3. The van der Waals surface area contributed by atoms with Crippen LogP contribution in [0.2, 0.25) is 5.02 Å². The Balaban J connectivity index is 1.95. The minimum absolute atomic E-state index is 0.165. The van der Waals surface area contributed by atoms with Gasteiger partial charge in [0.15, 0.2) is 0 Å². The summed E-state index contributed by atoms with van der Waals surface area (Å²) in [6.45, 7) is 0. The molecule has 0 bridgehead atoms. The number of amides is 2. The van der Waals surface area contributed by atoms with Crippen LogP contribution in [0.5, 0.6) is 0 Å². The van der Waals surface area contributed by atoms with E-state index in [1.165, 1.54) is 24.3 Å². The minimum Gasteiger partial charge on any atom is -0.273 e. The second kappa shape index (κ2) is 7.35. The maximum absolute atomic E-state index is 12.6. The molecule has 126 valence electrons. The lowest BCUT2D eigenvalue weighted by Gasteiger charge is -2.10. The van der Waals surface area contributed by atoms with E-state index < -0.39 is 23.6 Å². The van der Waals surface area contributed by atoms with Gasteiger partial charge >= 0.3 is 6.18 Å². The van der Waals surface area contributed by atoms with Crippen LogP contribution in [0.25, 0.3) is 0 Å². The number of rotatable bonds is 3. The molecule has 0 saturated carbocycles. The van der Waals surface area contributed by atoms with Crippen LogP contribution >= 0.6 is 11.6 Å². The van der Waals surface area contributed by atoms with Crippen LogP contribution in [-0.2, 0) is 17.4 Å². The first kappa shape index (κ1) is 17.8. The minimum atomic E-state index is -4.48. The summed E-state index contributed by atoms with van der Waals surface area (Å²) in [4.78, 5) is 23.6. The Labute approximate surface area is 140 Å². The van der Waals surface area contributed by atoms with Crippen LogP contribution in [0, 0.1) is 0 Å². The molecule has 4 nitrogen and oxygen atoms in total. The third kappa shape index (κ3) is 4.73. The summed E-state index contributed by atoms with van der Waals surface area (Å²) >= 11 is 5.84. The highest BCUT2D eigenvalue weighted by Gasteiger charge is 2.30. The Kier molecular flexibility index (Phi) is 5.46. The zero-order chi connectivity index (χ0) is 17.7. The van der Waals surface area contributed by atoms with Gasteiger partial charge in [-0.05, 0) is 23.8 Å². The number of halogens is 4. The molecule has 2 N–H and O–H groups in total. The number of hydrogen-bond acceptors (Lipinski definition) is 2. The molecule has 8 heteroatoms. The van der Waals surface area contributed by atoms with Crippen LogP contribution in [0.3, 0.4) is 0 Å². The Bertz CT molecular complexity index is 763. The van der Waals surface area contributed by atoms with Crippen molar-refractivity contribution in [3.05, 3.63) is 70.2 Å². The highest BCUT2D eigenvalue weighted by atomic mass is 35.5. The van der Waals surface area contributed by atoms with E-state index in [2.05, 4.69) is 10.9 Å². The van der Waals surface area contributed by atoms with Crippen molar-refractivity contribution in [2.24, 2.45) is 0 Å². The lowest BCUT2D eigenvalue weighted by atomic mass is 10.1. The number of hydrazine groups is 1. The SMILES string of the molecule is O=C(Cc1cccc(C(F)(F)F)c1)NNC(=O)c1ccccc1Cl. The molecule has 2 aromatic carbocycles. The van der Waals surface area contributed by atoms with E-state index in [0.29, 0.717) is 0 Å². The largest absolute Gasteiger partial charge is 0.416 e. The fourth-order valence-electron chi connectivity index (χ4n) is 1.93. The van der Waals surface area contributed by atoms with Crippen molar-refractivity contribution in [2.75, 3.05) is 0 Å². The Morgan fingerprint density at radius 2 is 1.71 bits per heavy atom. The van der Waals surface area contributed by atoms with Crippen molar-refractivity contribution in [2.45, 2.75) is 12.6 Å². The molecule has 0 radical (unpaired) electrons. The zero-order valence-electron chi connectivity index (χ0n) is 12.2. The van der Waals surface area contributed by atoms with Gasteiger partial charge in [-0.3, -0.25) is 20.4 Å². The molecular formula is C16H12ClF3N2O2. The summed E-state index contributed by atoms with van der Waals surface area (Å²) in [7, 11) is 0. The van der Waals surface area contributed by atoms with E-state index in [1.54, 1.807) is 12.1 Å². The average molecular weight is 357 g/mol. The van der Waals surface area contributed by atoms with Crippen LogP contribution < -0.4 is 10.9 Å². The molecule has 0 aromatic heterocycles. The Hall–Kier alpha value is -2.54. The van der Waals surface area contributed by atoms with Crippen molar-refractivity contribution in [1.82, 2.24) is 10.9 Å². The molecule has 0 aliphatic rings. The van der Waals surface area contributed by atoms with E-state index in [-0.39, 0.29) is 22.6 Å². The predicted octanol–water partition coefficient (Wildman–Crippen LogP) is 3.36. The normalized spacial score (nSPS) is 11.0. The van der Waals surface area contributed by atoms with Gasteiger partial charge in [-0.15, -0.1) is 0 Å². The van der Waals surface area contributed by atoms with Gasteiger partial charge in [0.05, 0.1) is 22.6 Å². The first-order valence-corrected chi connectivity index (χ1v) is 7.15. The van der Waals surface area contributed by atoms with Gasteiger partial charge in [0.25, 0.3) is 5.91 Å². The maximum Gasteiger partial charge on any atom is 0.416 e. The molecule has 0 saturated heterocycles. The van der Waals surface area contributed by atoms with E-state index in [0.717, 1.165) is 12.1 Å². The molecule has 0 atom stereocenters. The number of hydrogen-bond donors (Lipinski definition) is 2. The lowest BCUT2D eigenvalue weighted by Crippen LogP contribution is -2.42. The van der Waals surface area contributed by atoms with Crippen molar-refractivity contribution in [1.29, 1.82) is 0 Å². The van der Waals surface area contributed by atoms with Gasteiger partial charge in [-0.2, -0.15) is 13.2 Å².